The van der Waals surface area contributed by atoms with Crippen LogP contribution in [0.1, 0.15) is 17.0 Å². The van der Waals surface area contributed by atoms with Gasteiger partial charge in [0, 0.05) is 18.2 Å². The number of aromatic nitrogens is 1. The van der Waals surface area contributed by atoms with Crippen LogP contribution in [0.2, 0.25) is 0 Å². The summed E-state index contributed by atoms with van der Waals surface area (Å²) in [5, 5.41) is 18.1. The predicted molar refractivity (Wildman–Crippen MR) is 73.2 cm³/mol. The number of ketones is 1. The number of benzene rings is 1. The van der Waals surface area contributed by atoms with E-state index in [4.69, 9.17) is 5.11 Å². The molecule has 0 fully saturated rings. The third-order valence-electron chi connectivity index (χ3n) is 2.81. The molecular weight excluding hydrogens is 277 g/mol. The van der Waals surface area contributed by atoms with E-state index in [1.54, 1.807) is 18.2 Å². The zero-order valence-electron chi connectivity index (χ0n) is 10.8. The fourth-order valence-electron chi connectivity index (χ4n) is 1.78. The maximum absolute atomic E-state index is 12.8. The lowest BCUT2D eigenvalue weighted by molar-refractivity contribution is -0.146. The molecule has 2 rings (SSSR count). The number of H-pyrrole nitrogens is 1. The maximum Gasteiger partial charge on any atom is 0.376 e. The molecule has 2 aromatic rings. The normalized spacial score (nSPS) is 11.4. The Morgan fingerprint density at radius 3 is 2.38 bits per heavy atom. The summed E-state index contributed by atoms with van der Waals surface area (Å²) in [5.74, 6) is -3.62. The molecule has 0 atom stereocenters. The first-order chi connectivity index (χ1) is 9.95. The number of aromatic amines is 1. The van der Waals surface area contributed by atoms with Gasteiger partial charge in [0.05, 0.1) is 5.69 Å². The van der Waals surface area contributed by atoms with Crippen LogP contribution in [0, 0.1) is 5.82 Å². The van der Waals surface area contributed by atoms with Crippen LogP contribution in [0.25, 0.3) is 5.76 Å². The standard InChI is InChI=1S/C15H12FNO4/c16-10-3-1-9(2-4-10)7-11-5-6-12(17-11)13(18)8-14(19)15(20)21/h1-6,8,17-18H,7H2,(H,20,21). The number of aliphatic carboxylic acids is 1. The van der Waals surface area contributed by atoms with Gasteiger partial charge in [0.2, 0.25) is 0 Å². The largest absolute Gasteiger partial charge is 0.506 e. The summed E-state index contributed by atoms with van der Waals surface area (Å²) in [6.45, 7) is 0. The van der Waals surface area contributed by atoms with Gasteiger partial charge in [-0.25, -0.2) is 9.18 Å². The van der Waals surface area contributed by atoms with Crippen LogP contribution in [0.3, 0.4) is 0 Å². The summed E-state index contributed by atoms with van der Waals surface area (Å²) < 4.78 is 12.8. The molecule has 0 aliphatic heterocycles. The van der Waals surface area contributed by atoms with E-state index in [1.807, 2.05) is 0 Å². The highest BCUT2D eigenvalue weighted by atomic mass is 19.1. The number of aliphatic hydroxyl groups excluding tert-OH is 1. The summed E-state index contributed by atoms with van der Waals surface area (Å²) >= 11 is 0. The van der Waals surface area contributed by atoms with Crippen LogP contribution in [0.5, 0.6) is 0 Å². The number of carboxylic acid groups (broad SMARTS) is 1. The first-order valence-corrected chi connectivity index (χ1v) is 6.06. The van der Waals surface area contributed by atoms with Gasteiger partial charge in [-0.05, 0) is 29.8 Å². The Hall–Kier alpha value is -2.89. The number of carbonyl (C=O) groups excluding carboxylic acids is 1. The molecule has 0 amide bonds. The van der Waals surface area contributed by atoms with Gasteiger partial charge in [0.25, 0.3) is 5.78 Å². The first kappa shape index (κ1) is 14.5. The van der Waals surface area contributed by atoms with Gasteiger partial charge in [0.15, 0.2) is 0 Å². The Kier molecular flexibility index (Phi) is 4.18. The van der Waals surface area contributed by atoms with Gasteiger partial charge in [-0.1, -0.05) is 12.1 Å². The summed E-state index contributed by atoms with van der Waals surface area (Å²) in [6, 6.07) is 9.19. The molecule has 1 heterocycles. The number of halogens is 1. The van der Waals surface area contributed by atoms with Crippen molar-refractivity contribution in [3.05, 3.63) is 65.2 Å². The molecule has 0 radical (unpaired) electrons. The van der Waals surface area contributed by atoms with Crippen molar-refractivity contribution in [2.24, 2.45) is 0 Å². The fourth-order valence-corrected chi connectivity index (χ4v) is 1.78. The minimum Gasteiger partial charge on any atom is -0.506 e. The van der Waals surface area contributed by atoms with Crippen molar-refractivity contribution in [3.8, 4) is 0 Å². The van der Waals surface area contributed by atoms with Crippen molar-refractivity contribution < 1.29 is 24.2 Å². The van der Waals surface area contributed by atoms with Crippen molar-refractivity contribution in [1.82, 2.24) is 4.98 Å². The lowest BCUT2D eigenvalue weighted by Gasteiger charge is -2.00. The van der Waals surface area contributed by atoms with Crippen LogP contribution >= 0.6 is 0 Å². The molecule has 0 unspecified atom stereocenters. The molecule has 5 nitrogen and oxygen atoms in total. The monoisotopic (exact) mass is 289 g/mol. The zero-order chi connectivity index (χ0) is 15.4. The van der Waals surface area contributed by atoms with E-state index in [0.29, 0.717) is 12.5 Å². The van der Waals surface area contributed by atoms with E-state index in [0.717, 1.165) is 11.3 Å². The minimum absolute atomic E-state index is 0.238. The second-order valence-corrected chi connectivity index (χ2v) is 4.40. The fraction of sp³-hybridized carbons (Fsp3) is 0.0667. The second-order valence-electron chi connectivity index (χ2n) is 4.40. The topological polar surface area (TPSA) is 90.4 Å². The Morgan fingerprint density at radius 2 is 1.76 bits per heavy atom. The number of hydrogen-bond donors (Lipinski definition) is 3. The molecule has 0 saturated carbocycles. The Morgan fingerprint density at radius 1 is 1.10 bits per heavy atom. The Balaban J connectivity index is 2.12. The summed E-state index contributed by atoms with van der Waals surface area (Å²) in [7, 11) is 0. The van der Waals surface area contributed by atoms with Crippen molar-refractivity contribution >= 4 is 17.5 Å². The highest BCUT2D eigenvalue weighted by Gasteiger charge is 2.11. The van der Waals surface area contributed by atoms with Gasteiger partial charge in [-0.3, -0.25) is 4.79 Å². The molecule has 1 aromatic carbocycles. The molecule has 108 valence electrons. The second kappa shape index (κ2) is 6.04. The molecule has 6 heteroatoms. The van der Waals surface area contributed by atoms with E-state index in [9.17, 15) is 19.1 Å². The first-order valence-electron chi connectivity index (χ1n) is 6.06. The molecule has 0 spiro atoms. The van der Waals surface area contributed by atoms with E-state index in [2.05, 4.69) is 4.98 Å². The van der Waals surface area contributed by atoms with Crippen molar-refractivity contribution in [3.63, 3.8) is 0 Å². The quantitative estimate of drug-likeness (QED) is 0.447. The summed E-state index contributed by atoms with van der Waals surface area (Å²) in [4.78, 5) is 24.2. The molecule has 1 aromatic heterocycles. The SMILES string of the molecule is O=C(O)C(=O)C=C(O)c1ccc(Cc2ccc(F)cc2)[nH]1. The number of carbonyl (C=O) groups is 2. The number of rotatable bonds is 5. The average Bonchev–Trinajstić information content (AvgIpc) is 2.90. The molecule has 0 aliphatic carbocycles. The van der Waals surface area contributed by atoms with Crippen LogP contribution in [0.15, 0.2) is 42.5 Å². The smallest absolute Gasteiger partial charge is 0.376 e. The van der Waals surface area contributed by atoms with Gasteiger partial charge in [0.1, 0.15) is 11.6 Å². The minimum atomic E-state index is -1.64. The molecular formula is C15H12FNO4. The van der Waals surface area contributed by atoms with Crippen molar-refractivity contribution in [2.45, 2.75) is 6.42 Å². The van der Waals surface area contributed by atoms with Crippen molar-refractivity contribution in [2.75, 3.05) is 0 Å². The molecule has 3 N–H and O–H groups in total. The van der Waals surface area contributed by atoms with Gasteiger partial charge >= 0.3 is 5.97 Å². The molecule has 0 bridgehead atoms. The van der Waals surface area contributed by atoms with Crippen LogP contribution < -0.4 is 0 Å². The van der Waals surface area contributed by atoms with Crippen LogP contribution in [-0.2, 0) is 16.0 Å². The maximum atomic E-state index is 12.8. The zero-order valence-corrected chi connectivity index (χ0v) is 10.8. The number of hydrogen-bond acceptors (Lipinski definition) is 3. The number of nitrogens with one attached hydrogen (secondary N) is 1. The van der Waals surface area contributed by atoms with E-state index >= 15 is 0 Å². The highest BCUT2D eigenvalue weighted by molar-refractivity contribution is 6.38. The summed E-state index contributed by atoms with van der Waals surface area (Å²) in [5.41, 5.74) is 1.84. The Bertz CT molecular complexity index is 701. The summed E-state index contributed by atoms with van der Waals surface area (Å²) in [6.07, 6.45) is 1.12. The van der Waals surface area contributed by atoms with E-state index in [1.165, 1.54) is 18.2 Å². The van der Waals surface area contributed by atoms with Crippen molar-refractivity contribution in [1.29, 1.82) is 0 Å². The highest BCUT2D eigenvalue weighted by Crippen LogP contribution is 2.14. The molecule has 0 aliphatic rings. The average molecular weight is 289 g/mol. The van der Waals surface area contributed by atoms with Crippen LogP contribution in [-0.4, -0.2) is 26.9 Å². The lowest BCUT2D eigenvalue weighted by Crippen LogP contribution is -2.09. The third kappa shape index (κ3) is 3.79. The lowest BCUT2D eigenvalue weighted by atomic mass is 10.1. The predicted octanol–water partition coefficient (Wildman–Crippen LogP) is 2.30. The van der Waals surface area contributed by atoms with Gasteiger partial charge in [-0.15, -0.1) is 0 Å². The van der Waals surface area contributed by atoms with E-state index < -0.39 is 17.5 Å². The third-order valence-corrected chi connectivity index (χ3v) is 2.81. The molecule has 21 heavy (non-hydrogen) atoms. The van der Waals surface area contributed by atoms with Gasteiger partial charge in [-0.2, -0.15) is 0 Å². The van der Waals surface area contributed by atoms with E-state index in [-0.39, 0.29) is 11.5 Å². The van der Waals surface area contributed by atoms with Crippen LogP contribution in [0.4, 0.5) is 4.39 Å². The number of carboxylic acids is 1. The van der Waals surface area contributed by atoms with Gasteiger partial charge < -0.3 is 15.2 Å². The Labute approximate surface area is 119 Å². The number of aliphatic hydroxyl groups is 1. The molecule has 0 saturated heterocycles.